The standard InChI is InChI=1S/C13H19BN2O4/c1-8-10(7-15-9(2)11(8)16(17)18)14-19-12(3,4)13(5,6)20-14/h7H,1-6H3. The molecule has 1 aromatic rings. The van der Waals surface area contributed by atoms with Crippen molar-refractivity contribution in [2.75, 3.05) is 0 Å². The lowest BCUT2D eigenvalue weighted by Crippen LogP contribution is -2.41. The van der Waals surface area contributed by atoms with Crippen molar-refractivity contribution in [3.05, 3.63) is 27.6 Å². The average molecular weight is 278 g/mol. The van der Waals surface area contributed by atoms with Crippen LogP contribution in [0.3, 0.4) is 0 Å². The van der Waals surface area contributed by atoms with E-state index in [4.69, 9.17) is 9.31 Å². The Labute approximate surface area is 118 Å². The van der Waals surface area contributed by atoms with Gasteiger partial charge in [0.05, 0.1) is 16.1 Å². The van der Waals surface area contributed by atoms with Gasteiger partial charge in [-0.25, -0.2) is 0 Å². The van der Waals surface area contributed by atoms with Crippen LogP contribution in [0, 0.1) is 24.0 Å². The molecule has 2 heterocycles. The third-order valence-corrected chi connectivity index (χ3v) is 4.22. The first-order chi connectivity index (χ1) is 9.07. The molecule has 6 nitrogen and oxygen atoms in total. The van der Waals surface area contributed by atoms with E-state index in [0.29, 0.717) is 16.7 Å². The van der Waals surface area contributed by atoms with Crippen molar-refractivity contribution >= 4 is 18.3 Å². The summed E-state index contributed by atoms with van der Waals surface area (Å²) in [4.78, 5) is 14.8. The highest BCUT2D eigenvalue weighted by Crippen LogP contribution is 2.37. The van der Waals surface area contributed by atoms with E-state index in [2.05, 4.69) is 4.98 Å². The first-order valence-electron chi connectivity index (χ1n) is 6.53. The van der Waals surface area contributed by atoms with Crippen LogP contribution >= 0.6 is 0 Å². The van der Waals surface area contributed by atoms with E-state index >= 15 is 0 Å². The SMILES string of the molecule is Cc1ncc(B2OC(C)(C)C(C)(C)O2)c(C)c1[N+](=O)[O-]. The molecule has 0 radical (unpaired) electrons. The smallest absolute Gasteiger partial charge is 0.399 e. The van der Waals surface area contributed by atoms with Gasteiger partial charge >= 0.3 is 7.12 Å². The summed E-state index contributed by atoms with van der Waals surface area (Å²) in [7, 11) is -0.633. The van der Waals surface area contributed by atoms with Crippen LogP contribution in [0.2, 0.25) is 0 Å². The van der Waals surface area contributed by atoms with E-state index in [9.17, 15) is 10.1 Å². The third-order valence-electron chi connectivity index (χ3n) is 4.22. The van der Waals surface area contributed by atoms with Crippen molar-refractivity contribution in [1.29, 1.82) is 0 Å². The number of nitro groups is 1. The summed E-state index contributed by atoms with van der Waals surface area (Å²) in [6.45, 7) is 11.1. The highest BCUT2D eigenvalue weighted by atomic mass is 16.7. The molecule has 1 aliphatic heterocycles. The Kier molecular flexibility index (Phi) is 3.38. The van der Waals surface area contributed by atoms with Gasteiger partial charge in [-0.3, -0.25) is 15.1 Å². The van der Waals surface area contributed by atoms with Crippen LogP contribution in [-0.4, -0.2) is 28.2 Å². The topological polar surface area (TPSA) is 74.5 Å². The lowest BCUT2D eigenvalue weighted by Gasteiger charge is -2.32. The molecule has 108 valence electrons. The molecule has 2 rings (SSSR count). The van der Waals surface area contributed by atoms with E-state index in [1.54, 1.807) is 20.0 Å². The molecule has 0 spiro atoms. The molecule has 1 aliphatic rings. The van der Waals surface area contributed by atoms with E-state index < -0.39 is 23.2 Å². The predicted octanol–water partition coefficient (Wildman–Crippen LogP) is 1.91. The number of hydrogen-bond acceptors (Lipinski definition) is 5. The van der Waals surface area contributed by atoms with E-state index in [1.807, 2.05) is 27.7 Å². The summed E-state index contributed by atoms with van der Waals surface area (Å²) >= 11 is 0. The van der Waals surface area contributed by atoms with Crippen molar-refractivity contribution in [2.45, 2.75) is 52.7 Å². The second kappa shape index (κ2) is 4.53. The summed E-state index contributed by atoms with van der Waals surface area (Å²) in [5.41, 5.74) is 0.611. The summed E-state index contributed by atoms with van der Waals surface area (Å²) in [5.74, 6) is 0. The van der Waals surface area contributed by atoms with Gasteiger partial charge in [0, 0.05) is 17.2 Å². The minimum absolute atomic E-state index is 0.0252. The van der Waals surface area contributed by atoms with Crippen molar-refractivity contribution in [1.82, 2.24) is 4.98 Å². The minimum Gasteiger partial charge on any atom is -0.399 e. The summed E-state index contributed by atoms with van der Waals surface area (Å²) in [6.07, 6.45) is 1.60. The third kappa shape index (κ3) is 2.21. The summed E-state index contributed by atoms with van der Waals surface area (Å²) in [6, 6.07) is 0. The molecule has 0 bridgehead atoms. The molecule has 0 aromatic carbocycles. The Balaban J connectivity index is 2.46. The molecule has 1 fully saturated rings. The van der Waals surface area contributed by atoms with Gasteiger partial charge in [0.25, 0.3) is 5.69 Å². The molecule has 0 N–H and O–H groups in total. The molecule has 0 amide bonds. The Morgan fingerprint density at radius 1 is 1.20 bits per heavy atom. The second-order valence-corrected chi connectivity index (χ2v) is 6.12. The van der Waals surface area contributed by atoms with Crippen molar-refractivity contribution in [2.24, 2.45) is 0 Å². The quantitative estimate of drug-likeness (QED) is 0.469. The maximum atomic E-state index is 11.1. The Morgan fingerprint density at radius 3 is 2.15 bits per heavy atom. The van der Waals surface area contributed by atoms with Crippen LogP contribution in [0.5, 0.6) is 0 Å². The molecule has 0 aliphatic carbocycles. The molecular weight excluding hydrogens is 259 g/mol. The van der Waals surface area contributed by atoms with E-state index in [-0.39, 0.29) is 5.69 Å². The summed E-state index contributed by atoms with van der Waals surface area (Å²) in [5, 5.41) is 11.1. The fourth-order valence-corrected chi connectivity index (χ4v) is 2.21. The highest BCUT2D eigenvalue weighted by molar-refractivity contribution is 6.62. The van der Waals surface area contributed by atoms with Gasteiger partial charge in [-0.15, -0.1) is 0 Å². The monoisotopic (exact) mass is 278 g/mol. The molecule has 0 unspecified atom stereocenters. The zero-order valence-electron chi connectivity index (χ0n) is 12.7. The number of hydrogen-bond donors (Lipinski definition) is 0. The molecule has 20 heavy (non-hydrogen) atoms. The largest absolute Gasteiger partial charge is 0.496 e. The maximum Gasteiger partial charge on any atom is 0.496 e. The van der Waals surface area contributed by atoms with Crippen LogP contribution in [0.15, 0.2) is 6.20 Å². The first kappa shape index (κ1) is 14.9. The number of nitrogens with zero attached hydrogens (tertiary/aromatic N) is 2. The van der Waals surface area contributed by atoms with Gasteiger partial charge in [-0.05, 0) is 41.5 Å². The molecule has 1 aromatic heterocycles. The fraction of sp³-hybridized carbons (Fsp3) is 0.615. The zero-order valence-corrected chi connectivity index (χ0v) is 12.7. The molecule has 7 heteroatoms. The molecular formula is C13H19BN2O4. The number of rotatable bonds is 2. The molecule has 0 atom stereocenters. The van der Waals surface area contributed by atoms with Gasteiger partial charge < -0.3 is 9.31 Å². The van der Waals surface area contributed by atoms with Crippen LogP contribution < -0.4 is 5.46 Å². The zero-order chi connectivity index (χ0) is 15.3. The van der Waals surface area contributed by atoms with Crippen LogP contribution in [0.1, 0.15) is 39.0 Å². The van der Waals surface area contributed by atoms with Crippen LogP contribution in [0.4, 0.5) is 5.69 Å². The Hall–Kier alpha value is -1.47. The van der Waals surface area contributed by atoms with E-state index in [1.165, 1.54) is 0 Å². The van der Waals surface area contributed by atoms with E-state index in [0.717, 1.165) is 0 Å². The van der Waals surface area contributed by atoms with Crippen molar-refractivity contribution in [3.63, 3.8) is 0 Å². The summed E-state index contributed by atoms with van der Waals surface area (Å²) < 4.78 is 11.8. The lowest BCUT2D eigenvalue weighted by molar-refractivity contribution is -0.386. The van der Waals surface area contributed by atoms with Gasteiger partial charge in [0.1, 0.15) is 5.69 Å². The van der Waals surface area contributed by atoms with Gasteiger partial charge in [0.2, 0.25) is 0 Å². The normalized spacial score (nSPS) is 20.2. The van der Waals surface area contributed by atoms with Gasteiger partial charge in [-0.2, -0.15) is 0 Å². The molecule has 0 saturated carbocycles. The fourth-order valence-electron chi connectivity index (χ4n) is 2.21. The number of pyridine rings is 1. The van der Waals surface area contributed by atoms with Crippen molar-refractivity contribution in [3.8, 4) is 0 Å². The Morgan fingerprint density at radius 2 is 1.70 bits per heavy atom. The maximum absolute atomic E-state index is 11.1. The van der Waals surface area contributed by atoms with Gasteiger partial charge in [0.15, 0.2) is 0 Å². The highest BCUT2D eigenvalue weighted by Gasteiger charge is 2.52. The lowest BCUT2D eigenvalue weighted by atomic mass is 9.77. The predicted molar refractivity (Wildman–Crippen MR) is 76.1 cm³/mol. The minimum atomic E-state index is -0.633. The molecule has 1 saturated heterocycles. The van der Waals surface area contributed by atoms with Gasteiger partial charge in [-0.1, -0.05) is 0 Å². The second-order valence-electron chi connectivity index (χ2n) is 6.12. The Bertz CT molecular complexity index is 556. The van der Waals surface area contributed by atoms with Crippen LogP contribution in [0.25, 0.3) is 0 Å². The average Bonchev–Trinajstić information content (AvgIpc) is 2.47. The van der Waals surface area contributed by atoms with Crippen LogP contribution in [-0.2, 0) is 9.31 Å². The number of aryl methyl sites for hydroxylation is 1. The number of aromatic nitrogens is 1. The van der Waals surface area contributed by atoms with Crippen molar-refractivity contribution < 1.29 is 14.2 Å². The first-order valence-corrected chi connectivity index (χ1v) is 6.53.